The second-order valence-electron chi connectivity index (χ2n) is 5.83. The number of allylic oxidation sites excluding steroid dienone is 1. The van der Waals surface area contributed by atoms with Gasteiger partial charge < -0.3 is 19.7 Å². The Balaban J connectivity index is 1.66. The summed E-state index contributed by atoms with van der Waals surface area (Å²) in [5, 5.41) is 19.3. The Morgan fingerprint density at radius 2 is 1.82 bits per heavy atom. The Kier molecular flexibility index (Phi) is 9.10. The summed E-state index contributed by atoms with van der Waals surface area (Å²) in [5.74, 6) is 1.54. The number of thioether (sulfide) groups is 2. The highest BCUT2D eigenvalue weighted by atomic mass is 32.2. The van der Waals surface area contributed by atoms with E-state index in [1.165, 1.54) is 18.9 Å². The van der Waals surface area contributed by atoms with Crippen LogP contribution in [-0.4, -0.2) is 41.4 Å². The number of hydrogen-bond acceptors (Lipinski definition) is 7. The van der Waals surface area contributed by atoms with E-state index in [1.807, 2.05) is 12.1 Å². The average Bonchev–Trinajstić information content (AvgIpc) is 2.69. The molecule has 0 aliphatic carbocycles. The lowest BCUT2D eigenvalue weighted by Crippen LogP contribution is -2.08. The quantitative estimate of drug-likeness (QED) is 0.237. The number of esters is 1. The lowest BCUT2D eigenvalue weighted by molar-refractivity contribution is -0.140. The summed E-state index contributed by atoms with van der Waals surface area (Å²) in [6, 6.07) is 10.5. The number of carbonyl (C=O) groups is 1. The lowest BCUT2D eigenvalue weighted by Gasteiger charge is -2.08. The third kappa shape index (κ3) is 7.05. The van der Waals surface area contributed by atoms with Gasteiger partial charge in [-0.3, -0.25) is 4.79 Å². The first-order valence-electron chi connectivity index (χ1n) is 8.74. The molecule has 0 aliphatic rings. The molecule has 28 heavy (non-hydrogen) atoms. The fourth-order valence-electron chi connectivity index (χ4n) is 2.34. The first kappa shape index (κ1) is 22.0. The summed E-state index contributed by atoms with van der Waals surface area (Å²) >= 11 is 2.99. The van der Waals surface area contributed by atoms with E-state index in [0.717, 1.165) is 27.5 Å². The molecule has 5 nitrogen and oxygen atoms in total. The van der Waals surface area contributed by atoms with Crippen LogP contribution in [0.15, 0.2) is 58.8 Å². The van der Waals surface area contributed by atoms with Crippen molar-refractivity contribution in [3.63, 3.8) is 0 Å². The fraction of sp³-hybridized carbons (Fsp3) is 0.286. The Hall–Kier alpha value is -2.25. The van der Waals surface area contributed by atoms with Gasteiger partial charge in [0.05, 0.1) is 19.5 Å². The third-order valence-corrected chi connectivity index (χ3v) is 5.79. The highest BCUT2D eigenvalue weighted by molar-refractivity contribution is 8.00. The van der Waals surface area contributed by atoms with E-state index >= 15 is 0 Å². The number of methoxy groups -OCH3 is 1. The van der Waals surface area contributed by atoms with Gasteiger partial charge in [-0.1, -0.05) is 6.08 Å². The number of phenols is 2. The topological polar surface area (TPSA) is 76.0 Å². The van der Waals surface area contributed by atoms with Gasteiger partial charge in [-0.15, -0.1) is 30.1 Å². The molecule has 0 aliphatic heterocycles. The molecule has 0 bridgehead atoms. The largest absolute Gasteiger partial charge is 0.508 e. The minimum Gasteiger partial charge on any atom is -0.508 e. The van der Waals surface area contributed by atoms with Crippen molar-refractivity contribution < 1.29 is 24.5 Å². The average molecular weight is 421 g/mol. The molecule has 0 spiro atoms. The van der Waals surface area contributed by atoms with Crippen molar-refractivity contribution in [2.24, 2.45) is 0 Å². The van der Waals surface area contributed by atoms with Crippen LogP contribution < -0.4 is 4.74 Å². The molecular weight excluding hydrogens is 396 g/mol. The molecule has 2 rings (SSSR count). The normalized spacial score (nSPS) is 10.5. The van der Waals surface area contributed by atoms with E-state index in [4.69, 9.17) is 9.47 Å². The van der Waals surface area contributed by atoms with Gasteiger partial charge >= 0.3 is 5.97 Å². The van der Waals surface area contributed by atoms with Gasteiger partial charge in [0.25, 0.3) is 0 Å². The molecule has 0 radical (unpaired) electrons. The summed E-state index contributed by atoms with van der Waals surface area (Å²) in [6.07, 6.45) is 3.03. The van der Waals surface area contributed by atoms with Crippen molar-refractivity contribution >= 4 is 29.5 Å². The molecule has 7 heteroatoms. The van der Waals surface area contributed by atoms with Crippen LogP contribution in [0.1, 0.15) is 12.0 Å². The van der Waals surface area contributed by atoms with Crippen molar-refractivity contribution in [1.29, 1.82) is 0 Å². The summed E-state index contributed by atoms with van der Waals surface area (Å²) in [7, 11) is 1.51. The number of carbonyl (C=O) groups excluding carboxylic acids is 1. The van der Waals surface area contributed by atoms with E-state index in [-0.39, 0.29) is 23.2 Å². The van der Waals surface area contributed by atoms with Crippen LogP contribution in [0, 0.1) is 0 Å². The highest BCUT2D eigenvalue weighted by Gasteiger charge is 2.07. The van der Waals surface area contributed by atoms with Gasteiger partial charge in [-0.05, 0) is 54.8 Å². The number of ether oxygens (including phenoxy) is 2. The number of rotatable bonds is 11. The number of benzene rings is 2. The molecule has 0 aromatic heterocycles. The first-order chi connectivity index (χ1) is 13.5. The highest BCUT2D eigenvalue weighted by Crippen LogP contribution is 2.31. The zero-order valence-electron chi connectivity index (χ0n) is 15.7. The van der Waals surface area contributed by atoms with Crippen LogP contribution in [0.3, 0.4) is 0 Å². The van der Waals surface area contributed by atoms with Crippen LogP contribution in [0.5, 0.6) is 17.2 Å². The summed E-state index contributed by atoms with van der Waals surface area (Å²) in [4.78, 5) is 13.8. The Morgan fingerprint density at radius 1 is 1.11 bits per heavy atom. The first-order valence-corrected chi connectivity index (χ1v) is 10.7. The molecule has 2 aromatic rings. The maximum Gasteiger partial charge on any atom is 0.316 e. The molecule has 0 saturated carbocycles. The predicted molar refractivity (Wildman–Crippen MR) is 114 cm³/mol. The SMILES string of the molecule is C=CCc1cc(SCC(=O)OCCCSc2ccc(O)c(OC)c2)ccc1O. The van der Waals surface area contributed by atoms with Crippen molar-refractivity contribution in [3.8, 4) is 17.2 Å². The minimum absolute atomic E-state index is 0.114. The van der Waals surface area contributed by atoms with Crippen molar-refractivity contribution in [3.05, 3.63) is 54.6 Å². The second-order valence-corrected chi connectivity index (χ2v) is 8.05. The molecule has 0 atom stereocenters. The zero-order chi connectivity index (χ0) is 20.4. The molecule has 2 N–H and O–H groups in total. The molecule has 0 unspecified atom stereocenters. The van der Waals surface area contributed by atoms with Gasteiger partial charge in [0.1, 0.15) is 5.75 Å². The van der Waals surface area contributed by atoms with Crippen LogP contribution >= 0.6 is 23.5 Å². The molecule has 0 amide bonds. The zero-order valence-corrected chi connectivity index (χ0v) is 17.4. The van der Waals surface area contributed by atoms with Gasteiger partial charge in [0, 0.05) is 15.5 Å². The van der Waals surface area contributed by atoms with Gasteiger partial charge in [-0.25, -0.2) is 0 Å². The predicted octanol–water partition coefficient (Wildman–Crippen LogP) is 4.65. The summed E-state index contributed by atoms with van der Waals surface area (Å²) < 4.78 is 10.3. The Morgan fingerprint density at radius 3 is 2.54 bits per heavy atom. The van der Waals surface area contributed by atoms with Crippen LogP contribution in [0.4, 0.5) is 0 Å². The molecule has 0 saturated heterocycles. The molecule has 0 heterocycles. The minimum atomic E-state index is -0.264. The molecule has 0 fully saturated rings. The smallest absolute Gasteiger partial charge is 0.316 e. The Labute approximate surface area is 173 Å². The van der Waals surface area contributed by atoms with Crippen molar-refractivity contribution in [2.75, 3.05) is 25.2 Å². The fourth-order valence-corrected chi connectivity index (χ4v) is 3.95. The van der Waals surface area contributed by atoms with E-state index < -0.39 is 0 Å². The lowest BCUT2D eigenvalue weighted by atomic mass is 10.1. The maximum atomic E-state index is 11.9. The number of aromatic hydroxyl groups is 2. The summed E-state index contributed by atoms with van der Waals surface area (Å²) in [6.45, 7) is 4.03. The Bertz CT molecular complexity index is 807. The summed E-state index contributed by atoms with van der Waals surface area (Å²) in [5.41, 5.74) is 0.788. The van der Waals surface area contributed by atoms with Crippen molar-refractivity contribution in [2.45, 2.75) is 22.6 Å². The molecule has 2 aromatic carbocycles. The number of hydrogen-bond donors (Lipinski definition) is 2. The van der Waals surface area contributed by atoms with Gasteiger partial charge in [0.2, 0.25) is 0 Å². The monoisotopic (exact) mass is 420 g/mol. The van der Waals surface area contributed by atoms with Crippen molar-refractivity contribution in [1.82, 2.24) is 0 Å². The molecular formula is C21H24O5S2. The van der Waals surface area contributed by atoms with Gasteiger partial charge in [-0.2, -0.15) is 0 Å². The van der Waals surface area contributed by atoms with Crippen LogP contribution in [0.2, 0.25) is 0 Å². The standard InChI is InChI=1S/C21H24O5S2/c1-3-5-15-12-16(6-8-18(15)22)28-14-21(24)26-10-4-11-27-17-7-9-19(23)20(13-17)25-2/h3,6-9,12-13,22-23H,1,4-5,10-11,14H2,2H3. The van der Waals surface area contributed by atoms with E-state index in [9.17, 15) is 15.0 Å². The maximum absolute atomic E-state index is 11.9. The van der Waals surface area contributed by atoms with Crippen LogP contribution in [0.25, 0.3) is 0 Å². The van der Waals surface area contributed by atoms with E-state index in [2.05, 4.69) is 6.58 Å². The second kappa shape index (κ2) is 11.6. The molecule has 150 valence electrons. The van der Waals surface area contributed by atoms with Gasteiger partial charge in [0.15, 0.2) is 11.5 Å². The number of phenolic OH excluding ortho intramolecular Hbond substituents is 2. The van der Waals surface area contributed by atoms with E-state index in [0.29, 0.717) is 18.8 Å². The van der Waals surface area contributed by atoms with Crippen LogP contribution in [-0.2, 0) is 16.0 Å². The third-order valence-electron chi connectivity index (χ3n) is 3.74. The van der Waals surface area contributed by atoms with E-state index in [1.54, 1.807) is 42.1 Å².